The molecule has 0 saturated heterocycles. The molecule has 0 atom stereocenters. The van der Waals surface area contributed by atoms with E-state index in [2.05, 4.69) is 22.1 Å². The van der Waals surface area contributed by atoms with Gasteiger partial charge in [0, 0.05) is 18.7 Å². The molecule has 2 aromatic carbocycles. The molecule has 0 spiro atoms. The molecule has 0 aliphatic heterocycles. The molecule has 1 N–H and O–H groups in total. The number of rotatable bonds is 11. The van der Waals surface area contributed by atoms with Crippen LogP contribution in [0.5, 0.6) is 11.5 Å². The normalized spacial score (nSPS) is 10.5. The number of aromatic nitrogens is 3. The second-order valence-corrected chi connectivity index (χ2v) is 7.77. The van der Waals surface area contributed by atoms with Crippen LogP contribution >= 0.6 is 11.8 Å². The van der Waals surface area contributed by atoms with Crippen LogP contribution in [0.4, 0.5) is 11.4 Å². The number of nitrogens with zero attached hydrogens (tertiary/aromatic N) is 4. The topological polar surface area (TPSA) is 121 Å². The molecule has 33 heavy (non-hydrogen) atoms. The Balaban J connectivity index is 1.66. The number of ether oxygens (including phenoxy) is 2. The van der Waals surface area contributed by atoms with Crippen molar-refractivity contribution in [2.45, 2.75) is 25.2 Å². The molecule has 0 radical (unpaired) electrons. The van der Waals surface area contributed by atoms with Gasteiger partial charge in [-0.15, -0.1) is 16.8 Å². The molecule has 1 heterocycles. The van der Waals surface area contributed by atoms with Crippen LogP contribution in [0, 0.1) is 17.0 Å². The third-order valence-electron chi connectivity index (χ3n) is 4.57. The van der Waals surface area contributed by atoms with E-state index in [9.17, 15) is 14.9 Å². The Labute approximate surface area is 194 Å². The lowest BCUT2D eigenvalue weighted by Crippen LogP contribution is -2.16. The molecular weight excluding hydrogens is 446 g/mol. The number of nitro benzene ring substituents is 1. The lowest BCUT2D eigenvalue weighted by Gasteiger charge is -2.11. The highest BCUT2D eigenvalue weighted by Crippen LogP contribution is 2.27. The maximum atomic E-state index is 12.5. The average molecular weight is 470 g/mol. The molecule has 0 saturated carbocycles. The Morgan fingerprint density at radius 2 is 2.03 bits per heavy atom. The van der Waals surface area contributed by atoms with Crippen LogP contribution in [0.2, 0.25) is 0 Å². The molecule has 3 aromatic rings. The second kappa shape index (κ2) is 11.1. The number of nitro groups is 1. The predicted octanol–water partition coefficient (Wildman–Crippen LogP) is 4.00. The van der Waals surface area contributed by atoms with Crippen molar-refractivity contribution >= 4 is 29.0 Å². The number of anilines is 1. The van der Waals surface area contributed by atoms with Crippen LogP contribution in [-0.4, -0.2) is 38.5 Å². The number of non-ortho nitro benzene ring substituents is 1. The van der Waals surface area contributed by atoms with Crippen molar-refractivity contribution in [2.24, 2.45) is 0 Å². The van der Waals surface area contributed by atoms with Crippen molar-refractivity contribution in [1.29, 1.82) is 0 Å². The Morgan fingerprint density at radius 3 is 2.73 bits per heavy atom. The van der Waals surface area contributed by atoms with Crippen molar-refractivity contribution < 1.29 is 19.2 Å². The smallest absolute Gasteiger partial charge is 0.271 e. The number of amides is 1. The minimum atomic E-state index is -0.504. The maximum absolute atomic E-state index is 12.5. The van der Waals surface area contributed by atoms with E-state index in [1.165, 1.54) is 23.9 Å². The second-order valence-electron chi connectivity index (χ2n) is 6.83. The van der Waals surface area contributed by atoms with Gasteiger partial charge in [0.25, 0.3) is 5.69 Å². The molecule has 1 amide bonds. The van der Waals surface area contributed by atoms with Crippen LogP contribution in [-0.2, 0) is 17.9 Å². The fourth-order valence-electron chi connectivity index (χ4n) is 2.90. The number of allylic oxidation sites excluding steroid dienone is 1. The molecule has 0 bridgehead atoms. The van der Waals surface area contributed by atoms with Gasteiger partial charge in [-0.05, 0) is 24.6 Å². The molecule has 10 nitrogen and oxygen atoms in total. The summed E-state index contributed by atoms with van der Waals surface area (Å²) < 4.78 is 12.9. The number of aryl methyl sites for hydroxylation is 1. The number of carbonyl (C=O) groups excluding carboxylic acids is 1. The molecular formula is C22H23N5O5S. The Bertz CT molecular complexity index is 1160. The molecule has 0 aliphatic carbocycles. The Kier molecular flexibility index (Phi) is 8.03. The van der Waals surface area contributed by atoms with Crippen molar-refractivity contribution in [3.8, 4) is 11.5 Å². The lowest BCUT2D eigenvalue weighted by atomic mass is 10.2. The number of thioether (sulfide) groups is 1. The van der Waals surface area contributed by atoms with Gasteiger partial charge in [0.2, 0.25) is 5.91 Å². The standard InChI is InChI=1S/C22H23N5O5S/c1-4-11-26-20(13-32-19-8-6-5-7-18(19)31-3)24-25-22(26)33-14-21(28)23-17-12-16(27(29)30)10-9-15(17)2/h4-10,12H,1,11,13-14H2,2-3H3,(H,23,28). The number of hydrogen-bond acceptors (Lipinski definition) is 8. The molecule has 0 unspecified atom stereocenters. The van der Waals surface area contributed by atoms with Gasteiger partial charge in [-0.2, -0.15) is 0 Å². The van der Waals surface area contributed by atoms with Crippen LogP contribution in [0.25, 0.3) is 0 Å². The minimum absolute atomic E-state index is 0.0464. The van der Waals surface area contributed by atoms with E-state index < -0.39 is 4.92 Å². The highest BCUT2D eigenvalue weighted by Gasteiger charge is 2.16. The third-order valence-corrected chi connectivity index (χ3v) is 5.54. The molecule has 172 valence electrons. The fraction of sp³-hybridized carbons (Fsp3) is 0.227. The maximum Gasteiger partial charge on any atom is 0.271 e. The van der Waals surface area contributed by atoms with Crippen LogP contribution < -0.4 is 14.8 Å². The first-order valence-corrected chi connectivity index (χ1v) is 10.9. The Hall–Kier alpha value is -3.86. The number of hydrogen-bond donors (Lipinski definition) is 1. The first-order chi connectivity index (χ1) is 15.9. The lowest BCUT2D eigenvalue weighted by molar-refractivity contribution is -0.384. The summed E-state index contributed by atoms with van der Waals surface area (Å²) in [6, 6.07) is 11.6. The van der Waals surface area contributed by atoms with Gasteiger partial charge in [-0.1, -0.05) is 36.0 Å². The summed E-state index contributed by atoms with van der Waals surface area (Å²) in [5, 5.41) is 22.6. The third kappa shape index (κ3) is 6.10. The largest absolute Gasteiger partial charge is 0.493 e. The van der Waals surface area contributed by atoms with Gasteiger partial charge in [-0.3, -0.25) is 19.5 Å². The van der Waals surface area contributed by atoms with E-state index in [0.717, 1.165) is 5.56 Å². The first kappa shape index (κ1) is 23.8. The van der Waals surface area contributed by atoms with Crippen LogP contribution in [0.1, 0.15) is 11.4 Å². The van der Waals surface area contributed by atoms with E-state index in [1.807, 2.05) is 12.1 Å². The number of nitrogens with one attached hydrogen (secondary N) is 1. The first-order valence-electron chi connectivity index (χ1n) is 9.89. The summed E-state index contributed by atoms with van der Waals surface area (Å²) >= 11 is 1.20. The summed E-state index contributed by atoms with van der Waals surface area (Å²) in [6.45, 7) is 6.12. The zero-order valence-electron chi connectivity index (χ0n) is 18.2. The fourth-order valence-corrected chi connectivity index (χ4v) is 3.67. The molecule has 0 fully saturated rings. The van der Waals surface area contributed by atoms with Gasteiger partial charge in [-0.25, -0.2) is 0 Å². The number of benzene rings is 2. The zero-order valence-corrected chi connectivity index (χ0v) is 19.0. The predicted molar refractivity (Wildman–Crippen MR) is 125 cm³/mol. The summed E-state index contributed by atoms with van der Waals surface area (Å²) in [6.07, 6.45) is 1.70. The molecule has 1 aromatic heterocycles. The highest BCUT2D eigenvalue weighted by atomic mass is 32.2. The van der Waals surface area contributed by atoms with Gasteiger partial charge in [0.15, 0.2) is 22.5 Å². The van der Waals surface area contributed by atoms with E-state index in [4.69, 9.17) is 9.47 Å². The Morgan fingerprint density at radius 1 is 1.27 bits per heavy atom. The van der Waals surface area contributed by atoms with E-state index in [1.54, 1.807) is 42.9 Å². The van der Waals surface area contributed by atoms with Crippen LogP contribution in [0.15, 0.2) is 60.3 Å². The highest BCUT2D eigenvalue weighted by molar-refractivity contribution is 7.99. The van der Waals surface area contributed by atoms with Gasteiger partial charge in [0.05, 0.1) is 23.5 Å². The van der Waals surface area contributed by atoms with E-state index in [-0.39, 0.29) is 24.0 Å². The number of para-hydroxylation sites is 2. The summed E-state index contributed by atoms with van der Waals surface area (Å²) in [7, 11) is 1.57. The summed E-state index contributed by atoms with van der Waals surface area (Å²) in [5.74, 6) is 1.48. The zero-order chi connectivity index (χ0) is 23.8. The summed E-state index contributed by atoms with van der Waals surface area (Å²) in [5.41, 5.74) is 1.03. The van der Waals surface area contributed by atoms with Crippen molar-refractivity contribution in [3.63, 3.8) is 0 Å². The van der Waals surface area contributed by atoms with E-state index >= 15 is 0 Å². The number of carbonyl (C=O) groups is 1. The van der Waals surface area contributed by atoms with Crippen LogP contribution in [0.3, 0.4) is 0 Å². The molecule has 11 heteroatoms. The van der Waals surface area contributed by atoms with Gasteiger partial charge >= 0.3 is 0 Å². The molecule has 0 aliphatic rings. The van der Waals surface area contributed by atoms with E-state index in [0.29, 0.717) is 34.7 Å². The van der Waals surface area contributed by atoms with Crippen molar-refractivity contribution in [2.75, 3.05) is 18.2 Å². The van der Waals surface area contributed by atoms with Crippen molar-refractivity contribution in [1.82, 2.24) is 14.8 Å². The van der Waals surface area contributed by atoms with Crippen molar-refractivity contribution in [3.05, 3.63) is 76.6 Å². The number of methoxy groups -OCH3 is 1. The average Bonchev–Trinajstić information content (AvgIpc) is 3.19. The minimum Gasteiger partial charge on any atom is -0.493 e. The van der Waals surface area contributed by atoms with Gasteiger partial charge < -0.3 is 14.8 Å². The SMILES string of the molecule is C=CCn1c(COc2ccccc2OC)nnc1SCC(=O)Nc1cc([N+](=O)[O-])ccc1C. The monoisotopic (exact) mass is 469 g/mol. The molecule has 3 rings (SSSR count). The summed E-state index contributed by atoms with van der Waals surface area (Å²) in [4.78, 5) is 22.9. The quantitative estimate of drug-likeness (QED) is 0.194. The van der Waals surface area contributed by atoms with Gasteiger partial charge in [0.1, 0.15) is 6.61 Å².